The zero-order valence-electron chi connectivity index (χ0n) is 14.2. The first kappa shape index (κ1) is 20.4. The first-order chi connectivity index (χ1) is 11.1. The number of anilines is 1. The topological polar surface area (TPSA) is 70.7 Å². The van der Waals surface area contributed by atoms with Gasteiger partial charge in [0.1, 0.15) is 0 Å². The van der Waals surface area contributed by atoms with Crippen molar-refractivity contribution in [2.45, 2.75) is 13.3 Å². The van der Waals surface area contributed by atoms with E-state index in [0.29, 0.717) is 26.2 Å². The van der Waals surface area contributed by atoms with Crippen LogP contribution in [0.3, 0.4) is 0 Å². The number of halogens is 1. The van der Waals surface area contributed by atoms with Crippen molar-refractivity contribution in [1.82, 2.24) is 10.6 Å². The summed E-state index contributed by atoms with van der Waals surface area (Å²) in [6.45, 7) is 5.11. The third-order valence-electron chi connectivity index (χ3n) is 3.93. The Morgan fingerprint density at radius 1 is 1.25 bits per heavy atom. The fourth-order valence-electron chi connectivity index (χ4n) is 2.58. The zero-order valence-corrected chi connectivity index (χ0v) is 15.0. The maximum atomic E-state index is 12.2. The number of ether oxygens (including phenoxy) is 1. The van der Waals surface area contributed by atoms with E-state index in [-0.39, 0.29) is 36.6 Å². The molecule has 1 aliphatic heterocycles. The van der Waals surface area contributed by atoms with Crippen molar-refractivity contribution in [2.24, 2.45) is 5.92 Å². The number of rotatable bonds is 8. The highest BCUT2D eigenvalue weighted by Gasteiger charge is 2.34. The van der Waals surface area contributed by atoms with Crippen molar-refractivity contribution in [3.63, 3.8) is 0 Å². The van der Waals surface area contributed by atoms with Gasteiger partial charge < -0.3 is 20.3 Å². The van der Waals surface area contributed by atoms with Gasteiger partial charge in [-0.2, -0.15) is 0 Å². The van der Waals surface area contributed by atoms with Crippen LogP contribution >= 0.6 is 12.4 Å². The van der Waals surface area contributed by atoms with Crippen LogP contribution in [0.5, 0.6) is 0 Å². The number of benzene rings is 1. The number of carbonyl (C=O) groups is 2. The van der Waals surface area contributed by atoms with Gasteiger partial charge in [-0.25, -0.2) is 0 Å². The van der Waals surface area contributed by atoms with Crippen molar-refractivity contribution in [2.75, 3.05) is 44.8 Å². The monoisotopic (exact) mass is 355 g/mol. The van der Waals surface area contributed by atoms with Gasteiger partial charge in [0.2, 0.25) is 11.8 Å². The molecule has 1 saturated heterocycles. The van der Waals surface area contributed by atoms with Gasteiger partial charge in [0, 0.05) is 45.4 Å². The number of amides is 2. The molecule has 134 valence electrons. The summed E-state index contributed by atoms with van der Waals surface area (Å²) in [7, 11) is 1.65. The molecule has 1 unspecified atom stereocenters. The lowest BCUT2D eigenvalue weighted by atomic mass is 10.1. The summed E-state index contributed by atoms with van der Waals surface area (Å²) in [6.07, 6.45) is 0.275. The van der Waals surface area contributed by atoms with E-state index in [2.05, 4.69) is 10.6 Å². The molecular formula is C17H26ClN3O3. The molecule has 0 bridgehead atoms. The molecule has 7 heteroatoms. The number of nitrogens with zero attached hydrogens (tertiary/aromatic N) is 1. The van der Waals surface area contributed by atoms with Gasteiger partial charge in [-0.15, -0.1) is 12.4 Å². The maximum absolute atomic E-state index is 12.2. The molecule has 1 fully saturated rings. The Balaban J connectivity index is 0.00000288. The van der Waals surface area contributed by atoms with E-state index in [1.807, 2.05) is 31.2 Å². The van der Waals surface area contributed by atoms with Gasteiger partial charge in [-0.1, -0.05) is 17.7 Å². The average Bonchev–Trinajstić information content (AvgIpc) is 2.93. The van der Waals surface area contributed by atoms with E-state index in [1.54, 1.807) is 12.0 Å². The summed E-state index contributed by atoms with van der Waals surface area (Å²) in [5, 5.41) is 6.05. The van der Waals surface area contributed by atoms with Crippen LogP contribution in [-0.2, 0) is 14.3 Å². The molecule has 0 radical (unpaired) electrons. The number of carbonyl (C=O) groups excluding carboxylic acids is 2. The molecule has 0 saturated carbocycles. The quantitative estimate of drug-likeness (QED) is 0.686. The molecule has 2 amide bonds. The summed E-state index contributed by atoms with van der Waals surface area (Å²) in [5.74, 6) is -0.323. The van der Waals surface area contributed by atoms with Crippen LogP contribution < -0.4 is 15.5 Å². The SMILES string of the molecule is COCCNCCNC(=O)C1CC(=O)N(c2ccc(C)cc2)C1.Cl. The second kappa shape index (κ2) is 10.3. The Morgan fingerprint density at radius 3 is 2.62 bits per heavy atom. The lowest BCUT2D eigenvalue weighted by molar-refractivity contribution is -0.126. The predicted molar refractivity (Wildman–Crippen MR) is 96.6 cm³/mol. The van der Waals surface area contributed by atoms with Crippen molar-refractivity contribution in [1.29, 1.82) is 0 Å². The summed E-state index contributed by atoms with van der Waals surface area (Å²) in [4.78, 5) is 26.0. The number of methoxy groups -OCH3 is 1. The average molecular weight is 356 g/mol. The summed E-state index contributed by atoms with van der Waals surface area (Å²) in [5.41, 5.74) is 2.01. The van der Waals surface area contributed by atoms with Crippen LogP contribution in [0, 0.1) is 12.8 Å². The van der Waals surface area contributed by atoms with Crippen molar-refractivity contribution >= 4 is 29.9 Å². The van der Waals surface area contributed by atoms with E-state index in [9.17, 15) is 9.59 Å². The molecule has 2 rings (SSSR count). The molecule has 6 nitrogen and oxygen atoms in total. The smallest absolute Gasteiger partial charge is 0.227 e. The molecule has 1 aromatic carbocycles. The van der Waals surface area contributed by atoms with Crippen LogP contribution in [0.25, 0.3) is 0 Å². The van der Waals surface area contributed by atoms with Gasteiger partial charge in [0.05, 0.1) is 12.5 Å². The van der Waals surface area contributed by atoms with Crippen LogP contribution in [0.2, 0.25) is 0 Å². The molecular weight excluding hydrogens is 330 g/mol. The molecule has 0 aromatic heterocycles. The largest absolute Gasteiger partial charge is 0.383 e. The second-order valence-electron chi connectivity index (χ2n) is 5.77. The highest BCUT2D eigenvalue weighted by Crippen LogP contribution is 2.25. The number of aryl methyl sites for hydroxylation is 1. The van der Waals surface area contributed by atoms with Gasteiger partial charge in [-0.05, 0) is 19.1 Å². The highest BCUT2D eigenvalue weighted by atomic mass is 35.5. The molecule has 1 heterocycles. The molecule has 0 spiro atoms. The Bertz CT molecular complexity index is 536. The minimum Gasteiger partial charge on any atom is -0.383 e. The normalized spacial score (nSPS) is 16.8. The first-order valence-electron chi connectivity index (χ1n) is 7.96. The molecule has 24 heavy (non-hydrogen) atoms. The van der Waals surface area contributed by atoms with E-state index in [1.165, 1.54) is 0 Å². The van der Waals surface area contributed by atoms with Crippen molar-refractivity contribution in [3.05, 3.63) is 29.8 Å². The van der Waals surface area contributed by atoms with E-state index in [0.717, 1.165) is 17.8 Å². The summed E-state index contributed by atoms with van der Waals surface area (Å²) in [6, 6.07) is 7.80. The maximum Gasteiger partial charge on any atom is 0.227 e. The fraction of sp³-hybridized carbons (Fsp3) is 0.529. The Hall–Kier alpha value is -1.63. The molecule has 1 atom stereocenters. The van der Waals surface area contributed by atoms with Crippen LogP contribution in [0.4, 0.5) is 5.69 Å². The fourth-order valence-corrected chi connectivity index (χ4v) is 2.58. The Kier molecular flexibility index (Phi) is 8.74. The van der Waals surface area contributed by atoms with E-state index >= 15 is 0 Å². The van der Waals surface area contributed by atoms with Gasteiger partial charge in [0.25, 0.3) is 0 Å². The van der Waals surface area contributed by atoms with Crippen LogP contribution in [0.1, 0.15) is 12.0 Å². The second-order valence-corrected chi connectivity index (χ2v) is 5.77. The van der Waals surface area contributed by atoms with Crippen LogP contribution in [-0.4, -0.2) is 51.7 Å². The van der Waals surface area contributed by atoms with Gasteiger partial charge >= 0.3 is 0 Å². The number of hydrogen-bond acceptors (Lipinski definition) is 4. The first-order valence-corrected chi connectivity index (χ1v) is 7.96. The van der Waals surface area contributed by atoms with E-state index < -0.39 is 0 Å². The standard InChI is InChI=1S/C17H25N3O3.ClH/c1-13-3-5-15(6-4-13)20-12-14(11-16(20)21)17(22)19-8-7-18-9-10-23-2;/h3-6,14,18H,7-12H2,1-2H3,(H,19,22);1H. The van der Waals surface area contributed by atoms with Gasteiger partial charge in [0.15, 0.2) is 0 Å². The van der Waals surface area contributed by atoms with Crippen molar-refractivity contribution < 1.29 is 14.3 Å². The highest BCUT2D eigenvalue weighted by molar-refractivity contribution is 6.00. The molecule has 1 aliphatic rings. The Labute approximate surface area is 149 Å². The van der Waals surface area contributed by atoms with Gasteiger partial charge in [-0.3, -0.25) is 9.59 Å². The lowest BCUT2D eigenvalue weighted by Gasteiger charge is -2.17. The lowest BCUT2D eigenvalue weighted by Crippen LogP contribution is -2.37. The summed E-state index contributed by atoms with van der Waals surface area (Å²) < 4.78 is 4.93. The third kappa shape index (κ3) is 5.78. The zero-order chi connectivity index (χ0) is 16.7. The molecule has 0 aliphatic carbocycles. The minimum absolute atomic E-state index is 0. The summed E-state index contributed by atoms with van der Waals surface area (Å²) >= 11 is 0. The third-order valence-corrected chi connectivity index (χ3v) is 3.93. The molecule has 1 aromatic rings. The Morgan fingerprint density at radius 2 is 1.96 bits per heavy atom. The van der Waals surface area contributed by atoms with Crippen molar-refractivity contribution in [3.8, 4) is 0 Å². The molecule has 2 N–H and O–H groups in total. The predicted octanol–water partition coefficient (Wildman–Crippen LogP) is 1.12. The number of hydrogen-bond donors (Lipinski definition) is 2. The van der Waals surface area contributed by atoms with E-state index in [4.69, 9.17) is 4.74 Å². The minimum atomic E-state index is -0.275. The number of nitrogens with one attached hydrogen (secondary N) is 2. The van der Waals surface area contributed by atoms with Crippen LogP contribution in [0.15, 0.2) is 24.3 Å².